The molecule has 1 aromatic carbocycles. The van der Waals surface area contributed by atoms with Crippen LogP contribution in [0.4, 0.5) is 0 Å². The van der Waals surface area contributed by atoms with Gasteiger partial charge >= 0.3 is 0 Å². The van der Waals surface area contributed by atoms with E-state index >= 15 is 0 Å². The molecule has 1 heterocycles. The summed E-state index contributed by atoms with van der Waals surface area (Å²) in [5.41, 5.74) is 3.72. The van der Waals surface area contributed by atoms with Crippen molar-refractivity contribution >= 4 is 11.0 Å². The van der Waals surface area contributed by atoms with Crippen molar-refractivity contribution in [3.05, 3.63) is 29.6 Å². The van der Waals surface area contributed by atoms with E-state index in [0.717, 1.165) is 24.9 Å². The number of aromatic nitrogens is 2. The number of aryl methyl sites for hydroxylation is 3. The van der Waals surface area contributed by atoms with E-state index in [0.29, 0.717) is 0 Å². The van der Waals surface area contributed by atoms with Gasteiger partial charge in [-0.25, -0.2) is 4.98 Å². The molecule has 0 aliphatic rings. The second kappa shape index (κ2) is 7.20. The molecule has 1 aromatic heterocycles. The minimum atomic E-state index is 1.01. The van der Waals surface area contributed by atoms with Gasteiger partial charge in [0.2, 0.25) is 0 Å². The van der Waals surface area contributed by atoms with Crippen molar-refractivity contribution in [3.8, 4) is 0 Å². The Morgan fingerprint density at radius 2 is 1.78 bits per heavy atom. The van der Waals surface area contributed by atoms with Crippen molar-refractivity contribution in [2.45, 2.75) is 60.4 Å². The Kier molecular flexibility index (Phi) is 5.90. The van der Waals surface area contributed by atoms with E-state index in [1.165, 1.54) is 23.3 Å². The third kappa shape index (κ3) is 3.34. The molecule has 0 aliphatic carbocycles. The Morgan fingerprint density at radius 1 is 1.11 bits per heavy atom. The molecule has 0 saturated carbocycles. The lowest BCUT2D eigenvalue weighted by atomic mass is 10.2. The summed E-state index contributed by atoms with van der Waals surface area (Å²) in [6.45, 7) is 11.8. The van der Waals surface area contributed by atoms with Gasteiger partial charge in [-0.1, -0.05) is 40.2 Å². The Bertz CT molecular complexity index is 483. The first kappa shape index (κ1) is 14.7. The Labute approximate surface area is 111 Å². The van der Waals surface area contributed by atoms with E-state index in [2.05, 4.69) is 62.4 Å². The highest BCUT2D eigenvalue weighted by Gasteiger charge is 2.07. The quantitative estimate of drug-likeness (QED) is 0.765. The molecule has 0 atom stereocenters. The summed E-state index contributed by atoms with van der Waals surface area (Å²) in [7, 11) is 0. The predicted molar refractivity (Wildman–Crippen MR) is 80.1 cm³/mol. The smallest absolute Gasteiger partial charge is 0.109 e. The molecule has 2 rings (SSSR count). The molecular weight excluding hydrogens is 220 g/mol. The molecule has 0 spiro atoms. The first-order valence-electron chi connectivity index (χ1n) is 7.13. The van der Waals surface area contributed by atoms with Crippen LogP contribution in [0.15, 0.2) is 18.2 Å². The van der Waals surface area contributed by atoms with Gasteiger partial charge in [0.1, 0.15) is 5.82 Å². The van der Waals surface area contributed by atoms with Gasteiger partial charge in [-0.05, 0) is 31.0 Å². The summed E-state index contributed by atoms with van der Waals surface area (Å²) in [4.78, 5) is 4.65. The van der Waals surface area contributed by atoms with Gasteiger partial charge in [0.05, 0.1) is 11.0 Å². The fourth-order valence-corrected chi connectivity index (χ4v) is 2.03. The summed E-state index contributed by atoms with van der Waals surface area (Å²) < 4.78 is 2.35. The van der Waals surface area contributed by atoms with Gasteiger partial charge in [-0.15, -0.1) is 0 Å². The third-order valence-corrected chi connectivity index (χ3v) is 2.75. The molecule has 2 aromatic rings. The van der Waals surface area contributed by atoms with Gasteiger partial charge in [0, 0.05) is 13.0 Å². The second-order valence-electron chi connectivity index (χ2n) is 4.73. The van der Waals surface area contributed by atoms with Crippen LogP contribution in [0.5, 0.6) is 0 Å². The van der Waals surface area contributed by atoms with Gasteiger partial charge in [0.25, 0.3) is 0 Å². The van der Waals surface area contributed by atoms with E-state index in [-0.39, 0.29) is 0 Å². The molecule has 0 aliphatic heterocycles. The van der Waals surface area contributed by atoms with Gasteiger partial charge in [0.15, 0.2) is 0 Å². The topological polar surface area (TPSA) is 17.8 Å². The highest BCUT2D eigenvalue weighted by atomic mass is 15.1. The number of nitrogens with zero attached hydrogens (tertiary/aromatic N) is 2. The largest absolute Gasteiger partial charge is 0.328 e. The molecule has 100 valence electrons. The van der Waals surface area contributed by atoms with E-state index < -0.39 is 0 Å². The lowest BCUT2D eigenvalue weighted by Gasteiger charge is -2.05. The normalized spacial score (nSPS) is 10.3. The molecule has 0 N–H and O–H groups in total. The number of hydrogen-bond donors (Lipinski definition) is 0. The van der Waals surface area contributed by atoms with Crippen molar-refractivity contribution in [1.29, 1.82) is 0 Å². The third-order valence-electron chi connectivity index (χ3n) is 2.75. The summed E-state index contributed by atoms with van der Waals surface area (Å²) in [5.74, 6) is 1.21. The van der Waals surface area contributed by atoms with Crippen LogP contribution in [0.1, 0.15) is 51.9 Å². The first-order valence-corrected chi connectivity index (χ1v) is 7.13. The van der Waals surface area contributed by atoms with E-state index in [1.54, 1.807) is 0 Å². The molecule has 2 heteroatoms. The van der Waals surface area contributed by atoms with Crippen LogP contribution in [0.25, 0.3) is 11.0 Å². The van der Waals surface area contributed by atoms with Crippen LogP contribution in [0.3, 0.4) is 0 Å². The van der Waals surface area contributed by atoms with Crippen molar-refractivity contribution in [2.24, 2.45) is 0 Å². The van der Waals surface area contributed by atoms with Crippen molar-refractivity contribution in [2.75, 3.05) is 0 Å². The molecule has 0 bridgehead atoms. The lowest BCUT2D eigenvalue weighted by molar-refractivity contribution is 0.659. The average Bonchev–Trinajstić information content (AvgIpc) is 2.69. The predicted octanol–water partition coefficient (Wildman–Crippen LogP) is 4.73. The fourth-order valence-electron chi connectivity index (χ4n) is 2.03. The Morgan fingerprint density at radius 3 is 2.33 bits per heavy atom. The summed E-state index contributed by atoms with van der Waals surface area (Å²) >= 11 is 0. The molecular formula is C16H26N2. The maximum atomic E-state index is 4.65. The zero-order valence-corrected chi connectivity index (χ0v) is 12.5. The zero-order chi connectivity index (χ0) is 13.5. The fraction of sp³-hybridized carbons (Fsp3) is 0.562. The standard InChI is InChI=1S/C13H18N2.C3H8/c1-4-8-15-12-9-10(3)6-7-11(12)14-13(15)5-2;1-3-2/h6-7,9H,4-5,8H2,1-3H3;3H2,1-2H3. The van der Waals surface area contributed by atoms with Crippen molar-refractivity contribution in [1.82, 2.24) is 9.55 Å². The van der Waals surface area contributed by atoms with Crippen LogP contribution in [-0.2, 0) is 13.0 Å². The van der Waals surface area contributed by atoms with E-state index in [4.69, 9.17) is 0 Å². The summed E-state index contributed by atoms with van der Waals surface area (Å²) in [6, 6.07) is 6.48. The minimum Gasteiger partial charge on any atom is -0.328 e. The maximum absolute atomic E-state index is 4.65. The summed E-state index contributed by atoms with van der Waals surface area (Å²) in [6.07, 6.45) is 3.42. The van der Waals surface area contributed by atoms with Gasteiger partial charge < -0.3 is 4.57 Å². The Hall–Kier alpha value is -1.31. The first-order chi connectivity index (χ1) is 8.67. The highest BCUT2D eigenvalue weighted by Crippen LogP contribution is 2.18. The average molecular weight is 246 g/mol. The summed E-state index contributed by atoms with van der Waals surface area (Å²) in [5, 5.41) is 0. The maximum Gasteiger partial charge on any atom is 0.109 e. The van der Waals surface area contributed by atoms with Crippen LogP contribution in [0.2, 0.25) is 0 Å². The van der Waals surface area contributed by atoms with E-state index in [1.807, 2.05) is 0 Å². The SMILES string of the molecule is CCC.CCCn1c(CC)nc2ccc(C)cc21. The molecule has 0 saturated heterocycles. The van der Waals surface area contributed by atoms with Crippen molar-refractivity contribution in [3.63, 3.8) is 0 Å². The molecule has 0 unspecified atom stereocenters. The monoisotopic (exact) mass is 246 g/mol. The molecule has 0 radical (unpaired) electrons. The molecule has 0 amide bonds. The number of benzene rings is 1. The van der Waals surface area contributed by atoms with Gasteiger partial charge in [-0.3, -0.25) is 0 Å². The second-order valence-corrected chi connectivity index (χ2v) is 4.73. The molecule has 2 nitrogen and oxygen atoms in total. The lowest BCUT2D eigenvalue weighted by Crippen LogP contribution is -2.01. The van der Waals surface area contributed by atoms with Crippen molar-refractivity contribution < 1.29 is 0 Å². The van der Waals surface area contributed by atoms with Crippen LogP contribution >= 0.6 is 0 Å². The zero-order valence-electron chi connectivity index (χ0n) is 12.5. The highest BCUT2D eigenvalue weighted by molar-refractivity contribution is 5.76. The number of imidazole rings is 1. The Balaban J connectivity index is 0.000000492. The number of fused-ring (bicyclic) bond motifs is 1. The number of rotatable bonds is 3. The van der Waals surface area contributed by atoms with Crippen LogP contribution < -0.4 is 0 Å². The van der Waals surface area contributed by atoms with E-state index in [9.17, 15) is 0 Å². The molecule has 18 heavy (non-hydrogen) atoms. The molecule has 0 fully saturated rings. The van der Waals surface area contributed by atoms with Gasteiger partial charge in [-0.2, -0.15) is 0 Å². The van der Waals surface area contributed by atoms with Crippen LogP contribution in [0, 0.1) is 6.92 Å². The number of hydrogen-bond acceptors (Lipinski definition) is 1. The minimum absolute atomic E-state index is 1.01. The van der Waals surface area contributed by atoms with Crippen LogP contribution in [-0.4, -0.2) is 9.55 Å².